The van der Waals surface area contributed by atoms with Gasteiger partial charge in [0.25, 0.3) is 0 Å². The predicted molar refractivity (Wildman–Crippen MR) is 79.2 cm³/mol. The molecule has 1 atom stereocenters. The number of nitrogens with zero attached hydrogens (tertiary/aromatic N) is 2. The maximum absolute atomic E-state index is 4.57. The molecular formula is C14H21N3S. The van der Waals surface area contributed by atoms with Crippen LogP contribution >= 0.6 is 11.8 Å². The Kier molecular flexibility index (Phi) is 4.66. The Bertz CT molecular complexity index is 507. The monoisotopic (exact) mass is 263 g/mol. The lowest BCUT2D eigenvalue weighted by Crippen LogP contribution is -2.28. The summed E-state index contributed by atoms with van der Waals surface area (Å²) >= 11 is 1.98. The lowest BCUT2D eigenvalue weighted by molar-refractivity contribution is 0.584. The van der Waals surface area contributed by atoms with Gasteiger partial charge in [0.05, 0.1) is 11.4 Å². The van der Waals surface area contributed by atoms with Crippen molar-refractivity contribution in [2.75, 3.05) is 11.5 Å². The summed E-state index contributed by atoms with van der Waals surface area (Å²) in [5, 5.41) is 3.57. The molecule has 0 aliphatic heterocycles. The van der Waals surface area contributed by atoms with E-state index in [1.54, 1.807) is 0 Å². The summed E-state index contributed by atoms with van der Waals surface area (Å²) in [4.78, 5) is 4.57. The number of nitrogens with one attached hydrogen (secondary N) is 1. The smallest absolute Gasteiger partial charge is 0.137 e. The molecule has 0 radical (unpaired) electrons. The summed E-state index contributed by atoms with van der Waals surface area (Å²) in [6.45, 7) is 7.39. The quantitative estimate of drug-likeness (QED) is 0.869. The molecule has 0 saturated carbocycles. The molecule has 1 N–H and O–H groups in total. The van der Waals surface area contributed by atoms with Crippen LogP contribution in [0.2, 0.25) is 0 Å². The molecule has 0 aromatic carbocycles. The van der Waals surface area contributed by atoms with Crippen molar-refractivity contribution in [3.05, 3.63) is 35.8 Å². The molecule has 0 bridgehead atoms. The standard InChI is InChI=1S/C14H21N3S/c1-4-18-10-11(2)15-9-13-12(3)16-14-7-5-6-8-17(13)14/h5-8,11,15H,4,9-10H2,1-3H3. The maximum Gasteiger partial charge on any atom is 0.137 e. The van der Waals surface area contributed by atoms with E-state index >= 15 is 0 Å². The Balaban J connectivity index is 2.05. The van der Waals surface area contributed by atoms with Crippen LogP contribution in [0.25, 0.3) is 5.65 Å². The summed E-state index contributed by atoms with van der Waals surface area (Å²) in [7, 11) is 0. The van der Waals surface area contributed by atoms with Gasteiger partial charge in [0.2, 0.25) is 0 Å². The zero-order valence-corrected chi connectivity index (χ0v) is 12.1. The van der Waals surface area contributed by atoms with Gasteiger partial charge in [-0.2, -0.15) is 11.8 Å². The highest BCUT2D eigenvalue weighted by Gasteiger charge is 2.09. The van der Waals surface area contributed by atoms with Crippen LogP contribution in [0.4, 0.5) is 0 Å². The number of imidazole rings is 1. The number of thioether (sulfide) groups is 1. The summed E-state index contributed by atoms with van der Waals surface area (Å²) in [6, 6.07) is 6.66. The number of hydrogen-bond donors (Lipinski definition) is 1. The van der Waals surface area contributed by atoms with E-state index in [0.717, 1.165) is 23.6 Å². The Hall–Kier alpha value is -1.00. The van der Waals surface area contributed by atoms with Crippen molar-refractivity contribution in [3.8, 4) is 0 Å². The molecule has 98 valence electrons. The molecule has 0 aliphatic carbocycles. The Morgan fingerprint density at radius 1 is 1.44 bits per heavy atom. The highest BCUT2D eigenvalue weighted by molar-refractivity contribution is 7.99. The lowest BCUT2D eigenvalue weighted by atomic mass is 10.3. The summed E-state index contributed by atoms with van der Waals surface area (Å²) in [5.74, 6) is 2.34. The maximum atomic E-state index is 4.57. The van der Waals surface area contributed by atoms with Gasteiger partial charge >= 0.3 is 0 Å². The summed E-state index contributed by atoms with van der Waals surface area (Å²) in [6.07, 6.45) is 2.08. The van der Waals surface area contributed by atoms with Gasteiger partial charge in [0.15, 0.2) is 0 Å². The first-order chi connectivity index (χ1) is 8.72. The van der Waals surface area contributed by atoms with Crippen LogP contribution in [0.15, 0.2) is 24.4 Å². The van der Waals surface area contributed by atoms with Gasteiger partial charge in [-0.1, -0.05) is 13.0 Å². The van der Waals surface area contributed by atoms with Crippen molar-refractivity contribution in [1.29, 1.82) is 0 Å². The molecule has 18 heavy (non-hydrogen) atoms. The van der Waals surface area contributed by atoms with E-state index in [-0.39, 0.29) is 0 Å². The van der Waals surface area contributed by atoms with Gasteiger partial charge in [-0.15, -0.1) is 0 Å². The van der Waals surface area contributed by atoms with Crippen molar-refractivity contribution in [1.82, 2.24) is 14.7 Å². The van der Waals surface area contributed by atoms with Gasteiger partial charge in [-0.25, -0.2) is 4.98 Å². The highest BCUT2D eigenvalue weighted by atomic mass is 32.2. The molecule has 2 aromatic heterocycles. The number of hydrogen-bond acceptors (Lipinski definition) is 3. The minimum absolute atomic E-state index is 0.531. The van der Waals surface area contributed by atoms with Crippen LogP contribution in [0, 0.1) is 6.92 Å². The third-order valence-electron chi connectivity index (χ3n) is 3.02. The average Bonchev–Trinajstić information content (AvgIpc) is 2.69. The summed E-state index contributed by atoms with van der Waals surface area (Å²) in [5.41, 5.74) is 3.41. The number of fused-ring (bicyclic) bond motifs is 1. The largest absolute Gasteiger partial charge is 0.308 e. The first-order valence-electron chi connectivity index (χ1n) is 6.46. The van der Waals surface area contributed by atoms with E-state index in [1.165, 1.54) is 11.4 Å². The van der Waals surface area contributed by atoms with Crippen LogP contribution in [0.5, 0.6) is 0 Å². The van der Waals surface area contributed by atoms with E-state index in [1.807, 2.05) is 30.0 Å². The first kappa shape index (κ1) is 13.4. The van der Waals surface area contributed by atoms with Crippen LogP contribution < -0.4 is 5.32 Å². The van der Waals surface area contributed by atoms with E-state index < -0.39 is 0 Å². The number of aromatic nitrogens is 2. The van der Waals surface area contributed by atoms with Crippen molar-refractivity contribution in [2.45, 2.75) is 33.4 Å². The molecule has 2 aromatic rings. The Morgan fingerprint density at radius 2 is 2.28 bits per heavy atom. The van der Waals surface area contributed by atoms with Crippen LogP contribution in [0.3, 0.4) is 0 Å². The molecule has 0 saturated heterocycles. The van der Waals surface area contributed by atoms with Crippen molar-refractivity contribution >= 4 is 17.4 Å². The van der Waals surface area contributed by atoms with Gasteiger partial charge < -0.3 is 9.72 Å². The molecule has 0 fully saturated rings. The molecule has 0 spiro atoms. The van der Waals surface area contributed by atoms with Gasteiger partial charge in [-0.3, -0.25) is 0 Å². The zero-order chi connectivity index (χ0) is 13.0. The second-order valence-electron chi connectivity index (χ2n) is 4.51. The zero-order valence-electron chi connectivity index (χ0n) is 11.3. The molecule has 2 rings (SSSR count). The van der Waals surface area contributed by atoms with Gasteiger partial charge in [0.1, 0.15) is 5.65 Å². The van der Waals surface area contributed by atoms with Crippen molar-refractivity contribution in [2.24, 2.45) is 0 Å². The predicted octanol–water partition coefficient (Wildman–Crippen LogP) is 2.87. The minimum Gasteiger partial charge on any atom is -0.308 e. The SMILES string of the molecule is CCSCC(C)NCc1c(C)nc2ccccn12. The van der Waals surface area contributed by atoms with E-state index in [4.69, 9.17) is 0 Å². The Morgan fingerprint density at radius 3 is 3.06 bits per heavy atom. The third-order valence-corrected chi connectivity index (χ3v) is 4.16. The van der Waals surface area contributed by atoms with E-state index in [0.29, 0.717) is 6.04 Å². The minimum atomic E-state index is 0.531. The molecular weight excluding hydrogens is 242 g/mol. The molecule has 0 amide bonds. The van der Waals surface area contributed by atoms with E-state index in [2.05, 4.69) is 41.7 Å². The third kappa shape index (κ3) is 3.06. The van der Waals surface area contributed by atoms with Crippen LogP contribution in [0.1, 0.15) is 25.2 Å². The molecule has 0 aliphatic rings. The van der Waals surface area contributed by atoms with Crippen LogP contribution in [-0.2, 0) is 6.54 Å². The topological polar surface area (TPSA) is 29.3 Å². The van der Waals surface area contributed by atoms with E-state index in [9.17, 15) is 0 Å². The second-order valence-corrected chi connectivity index (χ2v) is 5.83. The fourth-order valence-electron chi connectivity index (χ4n) is 2.00. The molecule has 1 unspecified atom stereocenters. The normalized spacial score (nSPS) is 13.1. The van der Waals surface area contributed by atoms with Crippen molar-refractivity contribution in [3.63, 3.8) is 0 Å². The van der Waals surface area contributed by atoms with Gasteiger partial charge in [-0.05, 0) is 31.7 Å². The van der Waals surface area contributed by atoms with Gasteiger partial charge in [0, 0.05) is 24.5 Å². The number of aryl methyl sites for hydroxylation is 1. The lowest BCUT2D eigenvalue weighted by Gasteiger charge is -2.13. The molecule has 4 heteroatoms. The molecule has 2 heterocycles. The second kappa shape index (κ2) is 6.25. The number of pyridine rings is 1. The Labute approximate surface area is 113 Å². The fourth-order valence-corrected chi connectivity index (χ4v) is 2.71. The average molecular weight is 263 g/mol. The number of rotatable bonds is 6. The highest BCUT2D eigenvalue weighted by Crippen LogP contribution is 2.12. The van der Waals surface area contributed by atoms with Crippen molar-refractivity contribution < 1.29 is 0 Å². The fraction of sp³-hybridized carbons (Fsp3) is 0.500. The summed E-state index contributed by atoms with van der Waals surface area (Å²) < 4.78 is 2.17. The molecule has 3 nitrogen and oxygen atoms in total. The van der Waals surface area contributed by atoms with Crippen LogP contribution in [-0.4, -0.2) is 26.9 Å². The first-order valence-corrected chi connectivity index (χ1v) is 7.61.